The monoisotopic (exact) mass is 379 g/mol. The Kier molecular flexibility index (Phi) is 4.57. The van der Waals surface area contributed by atoms with Crippen LogP contribution in [0.15, 0.2) is 76.4 Å². The summed E-state index contributed by atoms with van der Waals surface area (Å²) in [7, 11) is 0. The van der Waals surface area contributed by atoms with E-state index in [1.807, 2.05) is 0 Å². The first-order chi connectivity index (χ1) is 13.5. The number of nitrogens with zero attached hydrogens (tertiary/aromatic N) is 3. The molecule has 0 radical (unpaired) electrons. The van der Waals surface area contributed by atoms with Crippen LogP contribution in [0.3, 0.4) is 0 Å². The molecule has 0 aliphatic carbocycles. The summed E-state index contributed by atoms with van der Waals surface area (Å²) >= 11 is 0. The zero-order valence-corrected chi connectivity index (χ0v) is 14.7. The molecule has 4 aromatic rings. The molecule has 140 valence electrons. The minimum absolute atomic E-state index is 0.00615. The summed E-state index contributed by atoms with van der Waals surface area (Å²) in [6.45, 7) is 0.141. The zero-order chi connectivity index (χ0) is 19.7. The van der Waals surface area contributed by atoms with E-state index in [1.165, 1.54) is 47.2 Å². The highest BCUT2D eigenvalue weighted by Gasteiger charge is 2.14. The zero-order valence-electron chi connectivity index (χ0n) is 14.7. The molecule has 2 aromatic carbocycles. The SMILES string of the molecule is O=c1c2cccnc2n(Cc2ccc(F)cc2)c(=O)n1Cc1ccc(F)cc1. The number of rotatable bonds is 4. The molecule has 0 fully saturated rings. The van der Waals surface area contributed by atoms with Crippen LogP contribution in [0.4, 0.5) is 8.78 Å². The molecule has 0 saturated carbocycles. The molecular formula is C21H15F2N3O2. The molecule has 0 saturated heterocycles. The molecule has 2 heterocycles. The molecule has 0 unspecified atom stereocenters. The number of benzene rings is 2. The van der Waals surface area contributed by atoms with Crippen molar-refractivity contribution in [3.05, 3.63) is 110 Å². The summed E-state index contributed by atoms with van der Waals surface area (Å²) in [5.41, 5.74) is 0.578. The van der Waals surface area contributed by atoms with Crippen molar-refractivity contribution >= 4 is 11.0 Å². The van der Waals surface area contributed by atoms with Crippen LogP contribution in [-0.4, -0.2) is 14.1 Å². The van der Waals surface area contributed by atoms with Gasteiger partial charge in [-0.1, -0.05) is 24.3 Å². The number of fused-ring (bicyclic) bond motifs is 1. The van der Waals surface area contributed by atoms with Gasteiger partial charge < -0.3 is 0 Å². The summed E-state index contributed by atoms with van der Waals surface area (Å²) < 4.78 is 28.8. The lowest BCUT2D eigenvalue weighted by Gasteiger charge is -2.13. The molecule has 0 amide bonds. The van der Waals surface area contributed by atoms with Crippen LogP contribution < -0.4 is 11.2 Å². The Morgan fingerprint density at radius 2 is 1.29 bits per heavy atom. The van der Waals surface area contributed by atoms with E-state index in [-0.39, 0.29) is 24.6 Å². The second-order valence-corrected chi connectivity index (χ2v) is 6.39. The quantitative estimate of drug-likeness (QED) is 0.548. The highest BCUT2D eigenvalue weighted by molar-refractivity contribution is 5.73. The fraction of sp³-hybridized carbons (Fsp3) is 0.0952. The maximum absolute atomic E-state index is 13.2. The van der Waals surface area contributed by atoms with E-state index in [1.54, 1.807) is 24.3 Å². The van der Waals surface area contributed by atoms with Crippen molar-refractivity contribution in [2.45, 2.75) is 13.1 Å². The Morgan fingerprint density at radius 3 is 1.86 bits per heavy atom. The van der Waals surface area contributed by atoms with Crippen LogP contribution >= 0.6 is 0 Å². The van der Waals surface area contributed by atoms with Gasteiger partial charge in [-0.3, -0.25) is 13.9 Å². The lowest BCUT2D eigenvalue weighted by atomic mass is 10.2. The molecule has 0 spiro atoms. The fourth-order valence-electron chi connectivity index (χ4n) is 3.07. The second kappa shape index (κ2) is 7.19. The third-order valence-corrected chi connectivity index (χ3v) is 4.49. The lowest BCUT2D eigenvalue weighted by molar-refractivity contribution is 0.615. The van der Waals surface area contributed by atoms with E-state index >= 15 is 0 Å². The summed E-state index contributed by atoms with van der Waals surface area (Å²) in [5.74, 6) is -0.770. The van der Waals surface area contributed by atoms with Gasteiger partial charge in [0, 0.05) is 6.20 Å². The topological polar surface area (TPSA) is 56.9 Å². The summed E-state index contributed by atoms with van der Waals surface area (Å²) in [6.07, 6.45) is 1.51. The van der Waals surface area contributed by atoms with Gasteiger partial charge in [-0.15, -0.1) is 0 Å². The molecule has 0 aliphatic heterocycles. The van der Waals surface area contributed by atoms with E-state index in [0.717, 1.165) is 4.57 Å². The van der Waals surface area contributed by atoms with Crippen molar-refractivity contribution < 1.29 is 8.78 Å². The van der Waals surface area contributed by atoms with Gasteiger partial charge >= 0.3 is 5.69 Å². The van der Waals surface area contributed by atoms with Crippen molar-refractivity contribution in [3.63, 3.8) is 0 Å². The Morgan fingerprint density at radius 1 is 0.750 bits per heavy atom. The normalized spacial score (nSPS) is 11.1. The van der Waals surface area contributed by atoms with E-state index < -0.39 is 17.1 Å². The first kappa shape index (κ1) is 17.8. The highest BCUT2D eigenvalue weighted by Crippen LogP contribution is 2.10. The molecule has 7 heteroatoms. The van der Waals surface area contributed by atoms with Crippen LogP contribution in [0.2, 0.25) is 0 Å². The number of hydrogen-bond donors (Lipinski definition) is 0. The maximum atomic E-state index is 13.2. The van der Waals surface area contributed by atoms with Crippen molar-refractivity contribution in [2.75, 3.05) is 0 Å². The average Bonchev–Trinajstić information content (AvgIpc) is 2.71. The molecular weight excluding hydrogens is 364 g/mol. The first-order valence-corrected chi connectivity index (χ1v) is 8.60. The van der Waals surface area contributed by atoms with Crippen LogP contribution in [0.1, 0.15) is 11.1 Å². The maximum Gasteiger partial charge on any atom is 0.333 e. The third-order valence-electron chi connectivity index (χ3n) is 4.49. The van der Waals surface area contributed by atoms with Crippen molar-refractivity contribution in [2.24, 2.45) is 0 Å². The predicted octanol–water partition coefficient (Wildman–Crippen LogP) is 2.93. The highest BCUT2D eigenvalue weighted by atomic mass is 19.1. The van der Waals surface area contributed by atoms with Gasteiger partial charge in [-0.2, -0.15) is 0 Å². The predicted molar refractivity (Wildman–Crippen MR) is 101 cm³/mol. The molecule has 5 nitrogen and oxygen atoms in total. The standard InChI is InChI=1S/C21H15F2N3O2/c22-16-7-3-14(4-8-16)12-25-19-18(2-1-11-24-19)20(27)26(21(25)28)13-15-5-9-17(23)10-6-15/h1-11H,12-13H2. The smallest absolute Gasteiger partial charge is 0.273 e. The summed E-state index contributed by atoms with van der Waals surface area (Å²) in [5, 5.41) is 0.298. The van der Waals surface area contributed by atoms with Crippen LogP contribution in [0.25, 0.3) is 11.0 Å². The van der Waals surface area contributed by atoms with Gasteiger partial charge in [-0.05, 0) is 47.5 Å². The second-order valence-electron chi connectivity index (χ2n) is 6.39. The lowest BCUT2D eigenvalue weighted by Crippen LogP contribution is -2.40. The van der Waals surface area contributed by atoms with Gasteiger partial charge in [0.2, 0.25) is 0 Å². The molecule has 0 bridgehead atoms. The Labute approximate surface area is 158 Å². The van der Waals surface area contributed by atoms with Crippen molar-refractivity contribution in [3.8, 4) is 0 Å². The molecule has 0 N–H and O–H groups in total. The molecule has 4 rings (SSSR count). The Balaban J connectivity index is 1.88. The van der Waals surface area contributed by atoms with Gasteiger partial charge in [0.1, 0.15) is 17.3 Å². The summed E-state index contributed by atoms with van der Waals surface area (Å²) in [4.78, 5) is 30.1. The molecule has 0 atom stereocenters. The largest absolute Gasteiger partial charge is 0.333 e. The number of pyridine rings is 1. The molecule has 2 aromatic heterocycles. The number of halogens is 2. The third kappa shape index (κ3) is 3.34. The van der Waals surface area contributed by atoms with Gasteiger partial charge in [0.25, 0.3) is 5.56 Å². The first-order valence-electron chi connectivity index (χ1n) is 8.60. The van der Waals surface area contributed by atoms with Crippen LogP contribution in [0, 0.1) is 11.6 Å². The average molecular weight is 379 g/mol. The van der Waals surface area contributed by atoms with E-state index in [2.05, 4.69) is 4.98 Å². The van der Waals surface area contributed by atoms with Crippen molar-refractivity contribution in [1.29, 1.82) is 0 Å². The molecule has 28 heavy (non-hydrogen) atoms. The molecule has 0 aliphatic rings. The Bertz CT molecular complexity index is 1260. The van der Waals surface area contributed by atoms with E-state index in [4.69, 9.17) is 0 Å². The van der Waals surface area contributed by atoms with Gasteiger partial charge in [-0.25, -0.2) is 18.6 Å². The minimum Gasteiger partial charge on any atom is -0.273 e. The number of aromatic nitrogens is 3. The number of hydrogen-bond acceptors (Lipinski definition) is 3. The Hall–Kier alpha value is -3.61. The van der Waals surface area contributed by atoms with Crippen LogP contribution in [-0.2, 0) is 13.1 Å². The van der Waals surface area contributed by atoms with Crippen LogP contribution in [0.5, 0.6) is 0 Å². The fourth-order valence-corrected chi connectivity index (χ4v) is 3.07. The van der Waals surface area contributed by atoms with E-state index in [0.29, 0.717) is 16.5 Å². The van der Waals surface area contributed by atoms with E-state index in [9.17, 15) is 18.4 Å². The minimum atomic E-state index is -0.537. The summed E-state index contributed by atoms with van der Waals surface area (Å²) in [6, 6.07) is 14.6. The van der Waals surface area contributed by atoms with Gasteiger partial charge in [0.15, 0.2) is 0 Å². The van der Waals surface area contributed by atoms with Gasteiger partial charge in [0.05, 0.1) is 18.5 Å². The van der Waals surface area contributed by atoms with Crippen molar-refractivity contribution in [1.82, 2.24) is 14.1 Å².